The Hall–Kier alpha value is -1.77. The average molecular weight is 377 g/mol. The van der Waals surface area contributed by atoms with Crippen LogP contribution in [0.4, 0.5) is 0 Å². The van der Waals surface area contributed by atoms with Crippen LogP contribution in [-0.4, -0.2) is 10.9 Å². The molecule has 0 unspecified atom stereocenters. The molecule has 3 heteroatoms. The molecule has 0 heterocycles. The molecular weight excluding hydrogens is 361 g/mol. The van der Waals surface area contributed by atoms with E-state index in [0.717, 1.165) is 10.8 Å². The molecule has 0 atom stereocenters. The van der Waals surface area contributed by atoms with Crippen molar-refractivity contribution in [3.05, 3.63) is 97.4 Å². The van der Waals surface area contributed by atoms with Gasteiger partial charge in [-0.2, -0.15) is 30.3 Å². The largest absolute Gasteiger partial charge is 0.507 e. The van der Waals surface area contributed by atoms with Crippen molar-refractivity contribution >= 4 is 22.3 Å². The van der Waals surface area contributed by atoms with Gasteiger partial charge in [-0.05, 0) is 16.8 Å². The van der Waals surface area contributed by atoms with E-state index in [1.807, 2.05) is 36.4 Å². The van der Waals surface area contributed by atoms with Crippen LogP contribution >= 0.6 is 0 Å². The fourth-order valence-electron chi connectivity index (χ4n) is 2.19. The Bertz CT molecular complexity index is 823. The summed E-state index contributed by atoms with van der Waals surface area (Å²) >= 11 is 0. The molecule has 23 heavy (non-hydrogen) atoms. The SMILES string of the molecule is O=C(C=C(O)c1ccc2ccccc2c1)c1cc[c-]cc1.[CH3-].[Y]. The third kappa shape index (κ3) is 4.60. The molecule has 3 aromatic carbocycles. The number of aliphatic hydroxyl groups excluding tert-OH is 1. The van der Waals surface area contributed by atoms with Gasteiger partial charge < -0.3 is 12.5 Å². The molecule has 0 amide bonds. The molecule has 2 nitrogen and oxygen atoms in total. The van der Waals surface area contributed by atoms with Crippen molar-refractivity contribution in [3.8, 4) is 0 Å². The maximum absolute atomic E-state index is 12.0. The predicted molar refractivity (Wildman–Crippen MR) is 90.6 cm³/mol. The number of hydrogen-bond acceptors (Lipinski definition) is 2. The van der Waals surface area contributed by atoms with Crippen LogP contribution < -0.4 is 0 Å². The molecule has 0 saturated carbocycles. The quantitative estimate of drug-likeness (QED) is 0.306. The Labute approximate surface area is 161 Å². The molecule has 0 aromatic heterocycles. The van der Waals surface area contributed by atoms with Gasteiger partial charge in [-0.15, -0.1) is 0 Å². The van der Waals surface area contributed by atoms with Gasteiger partial charge in [0.05, 0.1) is 0 Å². The number of carbonyl (C=O) groups excluding carboxylic acids is 1. The summed E-state index contributed by atoms with van der Waals surface area (Å²) in [5, 5.41) is 12.3. The van der Waals surface area contributed by atoms with Crippen molar-refractivity contribution < 1.29 is 42.6 Å². The van der Waals surface area contributed by atoms with Crippen LogP contribution in [0, 0.1) is 13.5 Å². The average Bonchev–Trinajstić information content (AvgIpc) is 2.55. The van der Waals surface area contributed by atoms with Gasteiger partial charge in [0, 0.05) is 44.3 Å². The van der Waals surface area contributed by atoms with Crippen molar-refractivity contribution in [1.82, 2.24) is 0 Å². The second-order valence-electron chi connectivity index (χ2n) is 4.74. The molecule has 0 aliphatic rings. The van der Waals surface area contributed by atoms with Crippen LogP contribution in [0.3, 0.4) is 0 Å². The number of benzene rings is 3. The molecule has 0 saturated heterocycles. The summed E-state index contributed by atoms with van der Waals surface area (Å²) in [5.74, 6) is -0.256. The Balaban J connectivity index is 0.00000132. The number of fused-ring (bicyclic) bond motifs is 1. The molecule has 1 radical (unpaired) electrons. The van der Waals surface area contributed by atoms with Crippen LogP contribution in [0.5, 0.6) is 0 Å². The summed E-state index contributed by atoms with van der Waals surface area (Å²) < 4.78 is 0. The van der Waals surface area contributed by atoms with Crippen LogP contribution in [0.25, 0.3) is 16.5 Å². The summed E-state index contributed by atoms with van der Waals surface area (Å²) in [6.45, 7) is 0. The van der Waals surface area contributed by atoms with E-state index in [4.69, 9.17) is 0 Å². The number of allylic oxidation sites excluding steroid dienone is 1. The number of ketones is 1. The molecule has 0 bridgehead atoms. The number of hydrogen-bond donors (Lipinski definition) is 1. The molecule has 0 aliphatic carbocycles. The van der Waals surface area contributed by atoms with Crippen molar-refractivity contribution in [2.24, 2.45) is 0 Å². The molecule has 113 valence electrons. The van der Waals surface area contributed by atoms with Crippen molar-refractivity contribution in [2.75, 3.05) is 0 Å². The Morgan fingerprint density at radius 2 is 1.57 bits per heavy atom. The fourth-order valence-corrected chi connectivity index (χ4v) is 2.19. The van der Waals surface area contributed by atoms with Gasteiger partial charge in [-0.25, -0.2) is 0 Å². The second kappa shape index (κ2) is 8.76. The minimum absolute atomic E-state index is 0. The normalized spacial score (nSPS) is 10.5. The predicted octanol–water partition coefficient (Wildman–Crippen LogP) is 4.87. The first-order valence-electron chi connectivity index (χ1n) is 6.64. The standard InChI is InChI=1S/C19H13O2.CH3.Y/c20-18(15-7-2-1-3-8-15)13-19(21)17-11-10-14-6-4-5-9-16(14)12-17;;/h2-13,21H;1H3;/q2*-1;. The number of aliphatic hydroxyl groups is 1. The zero-order valence-electron chi connectivity index (χ0n) is 12.9. The first-order chi connectivity index (χ1) is 10.2. The summed E-state index contributed by atoms with van der Waals surface area (Å²) in [6.07, 6.45) is 1.25. The van der Waals surface area contributed by atoms with E-state index in [-0.39, 0.29) is 51.7 Å². The van der Waals surface area contributed by atoms with E-state index < -0.39 is 0 Å². The molecule has 0 spiro atoms. The van der Waals surface area contributed by atoms with E-state index in [0.29, 0.717) is 11.1 Å². The maximum Gasteiger partial charge on any atom is 0.165 e. The zero-order valence-corrected chi connectivity index (χ0v) is 15.7. The van der Waals surface area contributed by atoms with Crippen LogP contribution in [0.15, 0.2) is 72.8 Å². The maximum atomic E-state index is 12.0. The smallest absolute Gasteiger partial charge is 0.165 e. The van der Waals surface area contributed by atoms with Crippen molar-refractivity contribution in [2.45, 2.75) is 0 Å². The minimum Gasteiger partial charge on any atom is -0.507 e. The van der Waals surface area contributed by atoms with E-state index in [1.54, 1.807) is 30.3 Å². The van der Waals surface area contributed by atoms with Gasteiger partial charge in [0.2, 0.25) is 0 Å². The van der Waals surface area contributed by atoms with Gasteiger partial charge in [-0.1, -0.05) is 42.0 Å². The second-order valence-corrected chi connectivity index (χ2v) is 4.74. The van der Waals surface area contributed by atoms with E-state index in [2.05, 4.69) is 6.07 Å². The third-order valence-electron chi connectivity index (χ3n) is 3.32. The summed E-state index contributed by atoms with van der Waals surface area (Å²) in [4.78, 5) is 12.0. The van der Waals surface area contributed by atoms with Crippen LogP contribution in [-0.2, 0) is 32.7 Å². The van der Waals surface area contributed by atoms with Gasteiger partial charge >= 0.3 is 0 Å². The van der Waals surface area contributed by atoms with Crippen molar-refractivity contribution in [3.63, 3.8) is 0 Å². The van der Waals surface area contributed by atoms with Gasteiger partial charge in [0.1, 0.15) is 5.76 Å². The molecule has 0 aliphatic heterocycles. The summed E-state index contributed by atoms with van der Waals surface area (Å²) in [6, 6.07) is 23.0. The molecule has 1 N–H and O–H groups in total. The number of carbonyl (C=O) groups is 1. The van der Waals surface area contributed by atoms with Crippen LogP contribution in [0.2, 0.25) is 0 Å². The van der Waals surface area contributed by atoms with Gasteiger partial charge in [0.15, 0.2) is 5.78 Å². The van der Waals surface area contributed by atoms with E-state index in [9.17, 15) is 9.90 Å². The van der Waals surface area contributed by atoms with E-state index in [1.165, 1.54) is 6.08 Å². The van der Waals surface area contributed by atoms with Gasteiger partial charge in [-0.3, -0.25) is 4.79 Å². The number of rotatable bonds is 3. The molecule has 0 fully saturated rings. The topological polar surface area (TPSA) is 37.3 Å². The summed E-state index contributed by atoms with van der Waals surface area (Å²) in [5.41, 5.74) is 1.16. The van der Waals surface area contributed by atoms with Crippen molar-refractivity contribution in [1.29, 1.82) is 0 Å². The zero-order chi connectivity index (χ0) is 14.7. The Morgan fingerprint density at radius 1 is 0.913 bits per heavy atom. The molecule has 3 aromatic rings. The van der Waals surface area contributed by atoms with Gasteiger partial charge in [0.25, 0.3) is 0 Å². The van der Waals surface area contributed by atoms with Crippen LogP contribution in [0.1, 0.15) is 15.9 Å². The first kappa shape index (κ1) is 19.3. The fraction of sp³-hybridized carbons (Fsp3) is 0. The molecule has 3 rings (SSSR count). The summed E-state index contributed by atoms with van der Waals surface area (Å²) in [7, 11) is 0. The monoisotopic (exact) mass is 377 g/mol. The Kier molecular flexibility index (Phi) is 7.34. The minimum atomic E-state index is -0.227. The Morgan fingerprint density at radius 3 is 2.26 bits per heavy atom. The van der Waals surface area contributed by atoms with E-state index >= 15 is 0 Å². The third-order valence-corrected chi connectivity index (χ3v) is 3.32. The molecular formula is C20H16O2Y-2. The first-order valence-corrected chi connectivity index (χ1v) is 6.64.